The SMILES string of the molecule is COC(=O)CCSC(C)(C)[C@H](N)C(=O)O. The predicted molar refractivity (Wildman–Crippen MR) is 58.8 cm³/mol. The zero-order valence-corrected chi connectivity index (χ0v) is 9.97. The molecule has 0 fully saturated rings. The molecule has 0 aliphatic carbocycles. The number of carboxylic acid groups (broad SMARTS) is 1. The van der Waals surface area contributed by atoms with Gasteiger partial charge in [-0.3, -0.25) is 9.59 Å². The van der Waals surface area contributed by atoms with Gasteiger partial charge in [0.2, 0.25) is 0 Å². The smallest absolute Gasteiger partial charge is 0.321 e. The third-order valence-electron chi connectivity index (χ3n) is 2.02. The highest BCUT2D eigenvalue weighted by Gasteiger charge is 2.32. The van der Waals surface area contributed by atoms with E-state index >= 15 is 0 Å². The fourth-order valence-electron chi connectivity index (χ4n) is 0.887. The van der Waals surface area contributed by atoms with E-state index in [1.54, 1.807) is 13.8 Å². The summed E-state index contributed by atoms with van der Waals surface area (Å²) in [6.07, 6.45) is 0.261. The van der Waals surface area contributed by atoms with Crippen molar-refractivity contribution >= 4 is 23.7 Å². The van der Waals surface area contributed by atoms with Crippen LogP contribution in [0.4, 0.5) is 0 Å². The molecule has 0 radical (unpaired) electrons. The third kappa shape index (κ3) is 5.03. The van der Waals surface area contributed by atoms with Crippen LogP contribution in [0.1, 0.15) is 20.3 Å². The van der Waals surface area contributed by atoms with Gasteiger partial charge in [0.1, 0.15) is 6.04 Å². The zero-order chi connectivity index (χ0) is 12.1. The first-order valence-electron chi connectivity index (χ1n) is 4.50. The van der Waals surface area contributed by atoms with Gasteiger partial charge < -0.3 is 15.6 Å². The van der Waals surface area contributed by atoms with Crippen molar-refractivity contribution < 1.29 is 19.4 Å². The minimum Gasteiger partial charge on any atom is -0.480 e. The molecule has 0 aliphatic rings. The molecule has 3 N–H and O–H groups in total. The van der Waals surface area contributed by atoms with E-state index in [4.69, 9.17) is 10.8 Å². The number of esters is 1. The molecular weight excluding hydrogens is 218 g/mol. The number of carbonyl (C=O) groups is 2. The normalized spacial score (nSPS) is 13.3. The molecule has 88 valence electrons. The summed E-state index contributed by atoms with van der Waals surface area (Å²) in [4.78, 5) is 21.5. The first-order chi connectivity index (χ1) is 6.81. The lowest BCUT2D eigenvalue weighted by Crippen LogP contribution is -2.46. The van der Waals surface area contributed by atoms with Crippen molar-refractivity contribution in [3.63, 3.8) is 0 Å². The predicted octanol–water partition coefficient (Wildman–Crippen LogP) is 0.473. The van der Waals surface area contributed by atoms with E-state index in [-0.39, 0.29) is 12.4 Å². The molecule has 0 bridgehead atoms. The van der Waals surface area contributed by atoms with Crippen LogP contribution in [-0.2, 0) is 14.3 Å². The van der Waals surface area contributed by atoms with Crippen LogP contribution in [0.5, 0.6) is 0 Å². The van der Waals surface area contributed by atoms with Gasteiger partial charge in [-0.2, -0.15) is 11.8 Å². The number of ether oxygens (including phenoxy) is 1. The number of rotatable bonds is 6. The van der Waals surface area contributed by atoms with Crippen molar-refractivity contribution in [2.24, 2.45) is 5.73 Å². The van der Waals surface area contributed by atoms with Gasteiger partial charge in [-0.15, -0.1) is 0 Å². The average molecular weight is 235 g/mol. The van der Waals surface area contributed by atoms with E-state index in [2.05, 4.69) is 4.74 Å². The van der Waals surface area contributed by atoms with Crippen molar-refractivity contribution in [2.75, 3.05) is 12.9 Å². The Morgan fingerprint density at radius 3 is 2.47 bits per heavy atom. The molecular formula is C9H17NO4S. The van der Waals surface area contributed by atoms with Gasteiger partial charge in [-0.05, 0) is 13.8 Å². The second-order valence-electron chi connectivity index (χ2n) is 3.59. The van der Waals surface area contributed by atoms with E-state index in [0.29, 0.717) is 5.75 Å². The van der Waals surface area contributed by atoms with Crippen molar-refractivity contribution in [1.82, 2.24) is 0 Å². The highest BCUT2D eigenvalue weighted by atomic mass is 32.2. The van der Waals surface area contributed by atoms with Crippen LogP contribution in [-0.4, -0.2) is 40.7 Å². The van der Waals surface area contributed by atoms with E-state index in [0.717, 1.165) is 0 Å². The van der Waals surface area contributed by atoms with Crippen molar-refractivity contribution in [3.8, 4) is 0 Å². The Labute approximate surface area is 93.4 Å². The molecule has 0 saturated heterocycles. The molecule has 0 saturated carbocycles. The number of carbonyl (C=O) groups excluding carboxylic acids is 1. The fraction of sp³-hybridized carbons (Fsp3) is 0.778. The molecule has 0 aromatic heterocycles. The van der Waals surface area contributed by atoms with Crippen molar-refractivity contribution in [2.45, 2.75) is 31.1 Å². The van der Waals surface area contributed by atoms with E-state index in [1.165, 1.54) is 18.9 Å². The summed E-state index contributed by atoms with van der Waals surface area (Å²) in [5.74, 6) is -0.839. The average Bonchev–Trinajstić information content (AvgIpc) is 2.15. The first kappa shape index (κ1) is 14.2. The Hall–Kier alpha value is -0.750. The molecule has 15 heavy (non-hydrogen) atoms. The molecule has 0 spiro atoms. The number of methoxy groups -OCH3 is 1. The lowest BCUT2D eigenvalue weighted by Gasteiger charge is -2.27. The van der Waals surface area contributed by atoms with Crippen LogP contribution >= 0.6 is 11.8 Å². The maximum absolute atomic E-state index is 10.8. The minimum absolute atomic E-state index is 0.261. The van der Waals surface area contributed by atoms with Gasteiger partial charge in [0.25, 0.3) is 0 Å². The summed E-state index contributed by atoms with van der Waals surface area (Å²) < 4.78 is 3.88. The Kier molecular flexibility index (Phi) is 5.67. The van der Waals surface area contributed by atoms with Crippen LogP contribution in [0.15, 0.2) is 0 Å². The lowest BCUT2D eigenvalue weighted by atomic mass is 10.1. The number of hydrogen-bond donors (Lipinski definition) is 2. The summed E-state index contributed by atoms with van der Waals surface area (Å²) in [5, 5.41) is 8.74. The zero-order valence-electron chi connectivity index (χ0n) is 9.15. The van der Waals surface area contributed by atoms with Gasteiger partial charge in [0.15, 0.2) is 0 Å². The van der Waals surface area contributed by atoms with E-state index < -0.39 is 16.8 Å². The summed E-state index contributed by atoms with van der Waals surface area (Å²) in [7, 11) is 1.32. The van der Waals surface area contributed by atoms with Gasteiger partial charge in [0, 0.05) is 10.5 Å². The largest absolute Gasteiger partial charge is 0.480 e. The molecule has 0 aromatic carbocycles. The summed E-state index contributed by atoms with van der Waals surface area (Å²) >= 11 is 1.35. The molecule has 1 atom stereocenters. The first-order valence-corrected chi connectivity index (χ1v) is 5.49. The number of aliphatic carboxylic acids is 1. The van der Waals surface area contributed by atoms with E-state index in [9.17, 15) is 9.59 Å². The Morgan fingerprint density at radius 1 is 1.53 bits per heavy atom. The Morgan fingerprint density at radius 2 is 2.07 bits per heavy atom. The number of carboxylic acids is 1. The second-order valence-corrected chi connectivity index (χ2v) is 5.34. The Balaban J connectivity index is 4.04. The molecule has 0 rings (SSSR count). The fourth-order valence-corrected chi connectivity index (χ4v) is 1.96. The molecule has 0 unspecified atom stereocenters. The maximum atomic E-state index is 10.8. The molecule has 0 aliphatic heterocycles. The summed E-state index contributed by atoms with van der Waals surface area (Å²) in [5.41, 5.74) is 5.51. The quantitative estimate of drug-likeness (QED) is 0.651. The monoisotopic (exact) mass is 235 g/mol. The molecule has 0 heterocycles. The van der Waals surface area contributed by atoms with Crippen LogP contribution in [0.3, 0.4) is 0 Å². The Bertz CT molecular complexity index is 242. The maximum Gasteiger partial charge on any atom is 0.321 e. The highest BCUT2D eigenvalue weighted by Crippen LogP contribution is 2.27. The standard InChI is InChI=1S/C9H17NO4S/c1-9(2,7(10)8(12)13)15-5-4-6(11)14-3/h7H,4-5,10H2,1-3H3,(H,12,13)/t7-/m1/s1. The molecule has 0 aromatic rings. The summed E-state index contributed by atoms with van der Waals surface area (Å²) in [6.45, 7) is 3.49. The third-order valence-corrected chi connectivity index (χ3v) is 3.43. The number of nitrogens with two attached hydrogens (primary N) is 1. The van der Waals surface area contributed by atoms with Crippen LogP contribution in [0.25, 0.3) is 0 Å². The topological polar surface area (TPSA) is 89.6 Å². The van der Waals surface area contributed by atoms with Gasteiger partial charge in [-0.1, -0.05) is 0 Å². The minimum atomic E-state index is -1.04. The van der Waals surface area contributed by atoms with Crippen LogP contribution in [0.2, 0.25) is 0 Å². The van der Waals surface area contributed by atoms with E-state index in [1.807, 2.05) is 0 Å². The highest BCUT2D eigenvalue weighted by molar-refractivity contribution is 8.00. The van der Waals surface area contributed by atoms with Gasteiger partial charge in [0.05, 0.1) is 13.5 Å². The second kappa shape index (κ2) is 5.97. The number of hydrogen-bond acceptors (Lipinski definition) is 5. The molecule has 5 nitrogen and oxygen atoms in total. The van der Waals surface area contributed by atoms with Crippen molar-refractivity contribution in [3.05, 3.63) is 0 Å². The van der Waals surface area contributed by atoms with Crippen LogP contribution < -0.4 is 5.73 Å². The van der Waals surface area contributed by atoms with Gasteiger partial charge >= 0.3 is 11.9 Å². The molecule has 6 heteroatoms. The lowest BCUT2D eigenvalue weighted by molar-refractivity contribution is -0.140. The summed E-state index contributed by atoms with van der Waals surface area (Å²) in [6, 6.07) is -0.944. The molecule has 0 amide bonds. The number of thioether (sulfide) groups is 1. The van der Waals surface area contributed by atoms with Gasteiger partial charge in [-0.25, -0.2) is 0 Å². The van der Waals surface area contributed by atoms with Crippen LogP contribution in [0, 0.1) is 0 Å². The van der Waals surface area contributed by atoms with Crippen molar-refractivity contribution in [1.29, 1.82) is 0 Å².